The number of hydrogen-bond donors (Lipinski definition) is 2. The van der Waals surface area contributed by atoms with E-state index in [1.165, 1.54) is 12.1 Å². The van der Waals surface area contributed by atoms with Crippen LogP contribution in [0.1, 0.15) is 12.8 Å². The van der Waals surface area contributed by atoms with Crippen LogP contribution in [0.4, 0.5) is 5.69 Å². The third-order valence-electron chi connectivity index (χ3n) is 3.68. The van der Waals surface area contributed by atoms with E-state index in [1.807, 2.05) is 6.07 Å². The van der Waals surface area contributed by atoms with Crippen LogP contribution < -0.4 is 15.5 Å². The van der Waals surface area contributed by atoms with E-state index < -0.39 is 0 Å². The van der Waals surface area contributed by atoms with Gasteiger partial charge >= 0.3 is 0 Å². The van der Waals surface area contributed by atoms with Crippen molar-refractivity contribution in [2.45, 2.75) is 18.9 Å². The first-order valence-corrected chi connectivity index (χ1v) is 7.62. The second kappa shape index (κ2) is 8.52. The second-order valence-corrected chi connectivity index (χ2v) is 5.27. The molecule has 0 bridgehead atoms. The lowest BCUT2D eigenvalue weighted by molar-refractivity contribution is 0.114. The predicted molar refractivity (Wildman–Crippen MR) is 88.1 cm³/mol. The van der Waals surface area contributed by atoms with Gasteiger partial charge in [-0.3, -0.25) is 4.99 Å². The van der Waals surface area contributed by atoms with Gasteiger partial charge in [0, 0.05) is 46.0 Å². The number of hydrogen-bond acceptors (Lipinski definition) is 3. The third kappa shape index (κ3) is 5.27. The number of benzene rings is 1. The molecule has 1 unspecified atom stereocenters. The van der Waals surface area contributed by atoms with Gasteiger partial charge in [0.15, 0.2) is 5.96 Å². The van der Waals surface area contributed by atoms with Crippen LogP contribution in [0, 0.1) is 0 Å². The highest BCUT2D eigenvalue weighted by molar-refractivity contribution is 5.79. The molecule has 1 heterocycles. The minimum absolute atomic E-state index is 0.329. The summed E-state index contributed by atoms with van der Waals surface area (Å²) < 4.78 is 5.59. The molecular weight excluding hydrogens is 264 g/mol. The Hall–Kier alpha value is -1.75. The van der Waals surface area contributed by atoms with E-state index in [-0.39, 0.29) is 0 Å². The Morgan fingerprint density at radius 1 is 1.33 bits per heavy atom. The largest absolute Gasteiger partial charge is 0.376 e. The van der Waals surface area contributed by atoms with Gasteiger partial charge in [0.2, 0.25) is 0 Å². The summed E-state index contributed by atoms with van der Waals surface area (Å²) in [5.41, 5.74) is 1.22. The Morgan fingerprint density at radius 3 is 2.81 bits per heavy atom. The maximum atomic E-state index is 5.59. The molecule has 2 N–H and O–H groups in total. The number of aliphatic imine (C=N–C) groups is 1. The summed E-state index contributed by atoms with van der Waals surface area (Å²) in [5, 5.41) is 6.66. The van der Waals surface area contributed by atoms with E-state index in [0.29, 0.717) is 6.10 Å². The fourth-order valence-electron chi connectivity index (χ4n) is 2.39. The van der Waals surface area contributed by atoms with Crippen LogP contribution in [0.25, 0.3) is 0 Å². The van der Waals surface area contributed by atoms with Gasteiger partial charge in [-0.05, 0) is 25.0 Å². The fraction of sp³-hybridized carbons (Fsp3) is 0.562. The number of rotatable bonds is 6. The quantitative estimate of drug-likeness (QED) is 0.615. The number of guanidine groups is 1. The molecule has 1 fully saturated rings. The number of ether oxygens (including phenoxy) is 1. The summed E-state index contributed by atoms with van der Waals surface area (Å²) in [5.74, 6) is 0.840. The van der Waals surface area contributed by atoms with Crippen LogP contribution in [-0.2, 0) is 4.74 Å². The summed E-state index contributed by atoms with van der Waals surface area (Å²) >= 11 is 0. The van der Waals surface area contributed by atoms with Crippen molar-refractivity contribution in [2.75, 3.05) is 45.2 Å². The Morgan fingerprint density at radius 2 is 2.14 bits per heavy atom. The molecule has 1 aliphatic rings. The van der Waals surface area contributed by atoms with Gasteiger partial charge in [-0.1, -0.05) is 18.2 Å². The van der Waals surface area contributed by atoms with Crippen LogP contribution in [0.5, 0.6) is 0 Å². The molecule has 0 spiro atoms. The third-order valence-corrected chi connectivity index (χ3v) is 3.68. The minimum Gasteiger partial charge on any atom is -0.376 e. The van der Waals surface area contributed by atoms with Crippen molar-refractivity contribution in [3.63, 3.8) is 0 Å². The minimum atomic E-state index is 0.329. The number of anilines is 1. The van der Waals surface area contributed by atoms with Gasteiger partial charge in [0.1, 0.15) is 0 Å². The molecule has 5 heteroatoms. The highest BCUT2D eigenvalue weighted by Gasteiger charge is 2.15. The maximum Gasteiger partial charge on any atom is 0.191 e. The average Bonchev–Trinajstić information content (AvgIpc) is 3.04. The van der Waals surface area contributed by atoms with E-state index in [0.717, 1.165) is 38.6 Å². The molecule has 1 aliphatic heterocycles. The highest BCUT2D eigenvalue weighted by atomic mass is 16.5. The van der Waals surface area contributed by atoms with Crippen molar-refractivity contribution < 1.29 is 4.74 Å². The lowest BCUT2D eigenvalue weighted by Gasteiger charge is -2.20. The van der Waals surface area contributed by atoms with Crippen LogP contribution in [0.3, 0.4) is 0 Å². The fourth-order valence-corrected chi connectivity index (χ4v) is 2.39. The molecular formula is C16H26N4O. The second-order valence-electron chi connectivity index (χ2n) is 5.27. The molecule has 1 atom stereocenters. The molecule has 1 aromatic rings. The zero-order valence-corrected chi connectivity index (χ0v) is 13.0. The molecule has 1 aromatic carbocycles. The lowest BCUT2D eigenvalue weighted by Crippen LogP contribution is -2.43. The lowest BCUT2D eigenvalue weighted by atomic mass is 10.2. The first kappa shape index (κ1) is 15.6. The van der Waals surface area contributed by atoms with Crippen molar-refractivity contribution in [3.8, 4) is 0 Å². The van der Waals surface area contributed by atoms with E-state index >= 15 is 0 Å². The molecule has 0 radical (unpaired) electrons. The molecule has 0 amide bonds. The Bertz CT molecular complexity index is 429. The van der Waals surface area contributed by atoms with Gasteiger partial charge in [0.05, 0.1) is 6.10 Å². The Kier molecular flexibility index (Phi) is 6.34. The molecule has 21 heavy (non-hydrogen) atoms. The Balaban J connectivity index is 1.66. The van der Waals surface area contributed by atoms with Crippen molar-refractivity contribution >= 4 is 11.6 Å². The molecule has 1 saturated heterocycles. The first-order valence-electron chi connectivity index (χ1n) is 7.62. The summed E-state index contributed by atoms with van der Waals surface area (Å²) in [7, 11) is 3.89. The molecule has 0 aliphatic carbocycles. The van der Waals surface area contributed by atoms with Gasteiger partial charge in [-0.25, -0.2) is 0 Å². The van der Waals surface area contributed by atoms with E-state index in [1.54, 1.807) is 7.05 Å². The van der Waals surface area contributed by atoms with Crippen LogP contribution in [-0.4, -0.2) is 52.4 Å². The molecule has 5 nitrogen and oxygen atoms in total. The SMILES string of the molecule is CN=C(NCCN(C)c1ccccc1)NCC1CCCO1. The normalized spacial score (nSPS) is 18.6. The van der Waals surface area contributed by atoms with E-state index in [4.69, 9.17) is 4.74 Å². The number of nitrogens with one attached hydrogen (secondary N) is 2. The van der Waals surface area contributed by atoms with Crippen LogP contribution in [0.15, 0.2) is 35.3 Å². The van der Waals surface area contributed by atoms with Gasteiger partial charge < -0.3 is 20.3 Å². The predicted octanol–water partition coefficient (Wildman–Crippen LogP) is 1.47. The summed E-state index contributed by atoms with van der Waals surface area (Å²) in [6, 6.07) is 10.4. The molecule has 0 aromatic heterocycles. The summed E-state index contributed by atoms with van der Waals surface area (Å²) in [6.45, 7) is 3.48. The summed E-state index contributed by atoms with van der Waals surface area (Å²) in [4.78, 5) is 6.46. The topological polar surface area (TPSA) is 48.9 Å². The van der Waals surface area contributed by atoms with E-state index in [9.17, 15) is 0 Å². The molecule has 116 valence electrons. The van der Waals surface area contributed by atoms with Crippen molar-refractivity contribution in [2.24, 2.45) is 4.99 Å². The van der Waals surface area contributed by atoms with Crippen molar-refractivity contribution in [1.82, 2.24) is 10.6 Å². The van der Waals surface area contributed by atoms with E-state index in [2.05, 4.69) is 51.8 Å². The number of nitrogens with zero attached hydrogens (tertiary/aromatic N) is 2. The Labute approximate surface area is 127 Å². The number of para-hydroxylation sites is 1. The summed E-state index contributed by atoms with van der Waals surface area (Å²) in [6.07, 6.45) is 2.64. The van der Waals surface area contributed by atoms with Gasteiger partial charge in [0.25, 0.3) is 0 Å². The molecule has 2 rings (SSSR count). The van der Waals surface area contributed by atoms with Crippen LogP contribution >= 0.6 is 0 Å². The van der Waals surface area contributed by atoms with Crippen molar-refractivity contribution in [1.29, 1.82) is 0 Å². The first-order chi connectivity index (χ1) is 10.3. The van der Waals surface area contributed by atoms with Crippen LogP contribution in [0.2, 0.25) is 0 Å². The zero-order chi connectivity index (χ0) is 14.9. The maximum absolute atomic E-state index is 5.59. The van der Waals surface area contributed by atoms with Gasteiger partial charge in [-0.2, -0.15) is 0 Å². The molecule has 0 saturated carbocycles. The smallest absolute Gasteiger partial charge is 0.191 e. The standard InChI is InChI=1S/C16H26N4O/c1-17-16(19-13-15-9-6-12-21-15)18-10-11-20(2)14-7-4-3-5-8-14/h3-5,7-8,15H,6,9-13H2,1-2H3,(H2,17,18,19). The highest BCUT2D eigenvalue weighted by Crippen LogP contribution is 2.10. The number of likely N-dealkylation sites (N-methyl/N-ethyl adjacent to an activating group) is 1. The van der Waals surface area contributed by atoms with Gasteiger partial charge in [-0.15, -0.1) is 0 Å². The van der Waals surface area contributed by atoms with Crippen molar-refractivity contribution in [3.05, 3.63) is 30.3 Å². The monoisotopic (exact) mass is 290 g/mol. The zero-order valence-electron chi connectivity index (χ0n) is 13.0. The average molecular weight is 290 g/mol.